The van der Waals surface area contributed by atoms with E-state index in [4.69, 9.17) is 5.73 Å². The Labute approximate surface area is 160 Å². The molecule has 0 saturated heterocycles. The maximum Gasteiger partial charge on any atom is 0.264 e. The van der Waals surface area contributed by atoms with Gasteiger partial charge >= 0.3 is 0 Å². The molecule has 0 bridgehead atoms. The maximum atomic E-state index is 13.0. The number of sulfonamides is 1. The predicted octanol–water partition coefficient (Wildman–Crippen LogP) is 2.40. The molecule has 0 aliphatic rings. The van der Waals surface area contributed by atoms with Crippen LogP contribution in [0.2, 0.25) is 0 Å². The fraction of sp³-hybridized carbons (Fsp3) is 0.278. The van der Waals surface area contributed by atoms with Gasteiger partial charge < -0.3 is 11.1 Å². The summed E-state index contributed by atoms with van der Waals surface area (Å²) < 4.78 is 27.1. The molecule has 0 saturated carbocycles. The van der Waals surface area contributed by atoms with Crippen LogP contribution in [0.4, 0.5) is 5.69 Å². The molecule has 0 heterocycles. The monoisotopic (exact) mass is 397 g/mol. The zero-order valence-corrected chi connectivity index (χ0v) is 16.6. The van der Waals surface area contributed by atoms with Crippen LogP contribution in [-0.4, -0.2) is 33.5 Å². The molecule has 0 radical (unpaired) electrons. The van der Waals surface area contributed by atoms with Crippen molar-refractivity contribution in [1.29, 1.82) is 0 Å². The van der Waals surface area contributed by atoms with Crippen molar-refractivity contribution in [2.24, 2.45) is 5.73 Å². The summed E-state index contributed by atoms with van der Waals surface area (Å²) in [5.41, 5.74) is 5.88. The van der Waals surface area contributed by atoms with E-state index < -0.39 is 21.5 Å². The number of hydrogen-bond donors (Lipinski definition) is 2. The second kappa shape index (κ2) is 8.53. The lowest BCUT2D eigenvalue weighted by Gasteiger charge is -2.22. The molecule has 26 heavy (non-hydrogen) atoms. The van der Waals surface area contributed by atoms with Crippen molar-refractivity contribution in [2.45, 2.75) is 24.3 Å². The number of nitrogens with one attached hydrogen (secondary N) is 1. The van der Waals surface area contributed by atoms with Gasteiger partial charge in [0.15, 0.2) is 0 Å². The van der Waals surface area contributed by atoms with Gasteiger partial charge in [0.2, 0.25) is 0 Å². The molecule has 142 valence electrons. The largest absolute Gasteiger partial charge is 0.350 e. The number of anilines is 1. The Morgan fingerprint density at radius 3 is 2.19 bits per heavy atom. The third-order valence-electron chi connectivity index (χ3n) is 3.59. The summed E-state index contributed by atoms with van der Waals surface area (Å²) in [6, 6.07) is 14.8. The fourth-order valence-electron chi connectivity index (χ4n) is 2.21. The Morgan fingerprint density at radius 1 is 1.08 bits per heavy atom. The first-order chi connectivity index (χ1) is 11.6. The van der Waals surface area contributed by atoms with Gasteiger partial charge in [-0.05, 0) is 38.1 Å². The number of carbonyl (C=O) groups excluding carboxylic acids is 1. The Balaban J connectivity index is 0.00000338. The van der Waals surface area contributed by atoms with Crippen molar-refractivity contribution < 1.29 is 13.2 Å². The number of nitrogens with two attached hydrogens (primary N) is 1. The topological polar surface area (TPSA) is 92.5 Å². The zero-order chi connectivity index (χ0) is 18.7. The Kier molecular flexibility index (Phi) is 7.20. The van der Waals surface area contributed by atoms with Crippen molar-refractivity contribution in [3.63, 3.8) is 0 Å². The van der Waals surface area contributed by atoms with E-state index in [9.17, 15) is 13.2 Å². The second-order valence-electron chi connectivity index (χ2n) is 6.48. The van der Waals surface area contributed by atoms with Crippen LogP contribution in [0, 0.1) is 0 Å². The summed E-state index contributed by atoms with van der Waals surface area (Å²) in [6.07, 6.45) is 0. The standard InChI is InChI=1S/C18H23N3O3S.ClH/c1-18(2,19)13-20-17(22)15-11-7-8-12-16(15)25(23,24)21(3)14-9-5-4-6-10-14;/h4-12H,13,19H2,1-3H3,(H,20,22);1H. The lowest BCUT2D eigenvalue weighted by molar-refractivity contribution is 0.0942. The van der Waals surface area contributed by atoms with Crippen LogP contribution >= 0.6 is 12.4 Å². The van der Waals surface area contributed by atoms with Crippen molar-refractivity contribution in [3.05, 3.63) is 60.2 Å². The average Bonchev–Trinajstić information content (AvgIpc) is 2.59. The lowest BCUT2D eigenvalue weighted by Crippen LogP contribution is -2.45. The molecule has 0 fully saturated rings. The van der Waals surface area contributed by atoms with Crippen LogP contribution in [0.3, 0.4) is 0 Å². The average molecular weight is 398 g/mol. The number of benzene rings is 2. The van der Waals surface area contributed by atoms with Gasteiger partial charge in [-0.25, -0.2) is 8.42 Å². The number of hydrogen-bond acceptors (Lipinski definition) is 4. The molecule has 0 aromatic heterocycles. The van der Waals surface area contributed by atoms with Crippen molar-refractivity contribution >= 4 is 34.0 Å². The van der Waals surface area contributed by atoms with Crippen molar-refractivity contribution in [2.75, 3.05) is 17.9 Å². The first-order valence-electron chi connectivity index (χ1n) is 7.83. The highest BCUT2D eigenvalue weighted by Gasteiger charge is 2.27. The summed E-state index contributed by atoms with van der Waals surface area (Å²) >= 11 is 0. The van der Waals surface area contributed by atoms with E-state index in [0.29, 0.717) is 5.69 Å². The van der Waals surface area contributed by atoms with Crippen LogP contribution in [0.5, 0.6) is 0 Å². The maximum absolute atomic E-state index is 13.0. The molecule has 3 N–H and O–H groups in total. The fourth-order valence-corrected chi connectivity index (χ4v) is 3.59. The van der Waals surface area contributed by atoms with Gasteiger partial charge in [-0.1, -0.05) is 30.3 Å². The smallest absolute Gasteiger partial charge is 0.264 e. The highest BCUT2D eigenvalue weighted by atomic mass is 35.5. The molecule has 0 atom stereocenters. The minimum Gasteiger partial charge on any atom is -0.350 e. The summed E-state index contributed by atoms with van der Waals surface area (Å²) in [6.45, 7) is 3.78. The third-order valence-corrected chi connectivity index (χ3v) is 5.44. The zero-order valence-electron chi connectivity index (χ0n) is 15.0. The Hall–Kier alpha value is -2.09. The molecule has 0 aliphatic carbocycles. The van der Waals surface area contributed by atoms with Gasteiger partial charge in [0.1, 0.15) is 4.90 Å². The van der Waals surface area contributed by atoms with Gasteiger partial charge in [0.25, 0.3) is 15.9 Å². The molecule has 8 heteroatoms. The highest BCUT2D eigenvalue weighted by Crippen LogP contribution is 2.24. The molecular formula is C18H24ClN3O3S. The number of rotatable bonds is 6. The number of halogens is 1. The van der Waals surface area contributed by atoms with Crippen LogP contribution in [0.15, 0.2) is 59.5 Å². The van der Waals surface area contributed by atoms with Crippen LogP contribution < -0.4 is 15.4 Å². The highest BCUT2D eigenvalue weighted by molar-refractivity contribution is 7.92. The normalized spacial score (nSPS) is 11.4. The van der Waals surface area contributed by atoms with Gasteiger partial charge in [0.05, 0.1) is 11.3 Å². The molecule has 0 spiro atoms. The molecule has 0 aliphatic heterocycles. The summed E-state index contributed by atoms with van der Waals surface area (Å²) in [4.78, 5) is 12.4. The summed E-state index contributed by atoms with van der Waals surface area (Å²) in [5.74, 6) is -0.473. The van der Waals surface area contributed by atoms with E-state index in [2.05, 4.69) is 5.32 Å². The Morgan fingerprint density at radius 2 is 1.62 bits per heavy atom. The molecule has 2 aromatic carbocycles. The molecule has 0 unspecified atom stereocenters. The Bertz CT molecular complexity index is 849. The molecule has 2 rings (SSSR count). The SMILES string of the molecule is CN(c1ccccc1)S(=O)(=O)c1ccccc1C(=O)NCC(C)(C)N.Cl. The lowest BCUT2D eigenvalue weighted by atomic mass is 10.1. The summed E-state index contributed by atoms with van der Waals surface area (Å²) in [5, 5.41) is 2.68. The van der Waals surface area contributed by atoms with Crippen LogP contribution in [-0.2, 0) is 10.0 Å². The van der Waals surface area contributed by atoms with Crippen LogP contribution in [0.1, 0.15) is 24.2 Å². The third kappa shape index (κ3) is 5.20. The number of carbonyl (C=O) groups is 1. The van der Waals surface area contributed by atoms with Gasteiger partial charge in [-0.3, -0.25) is 9.10 Å². The van der Waals surface area contributed by atoms with Gasteiger partial charge in [-0.15, -0.1) is 12.4 Å². The van der Waals surface area contributed by atoms with Crippen LogP contribution in [0.25, 0.3) is 0 Å². The quantitative estimate of drug-likeness (QED) is 0.782. The van der Waals surface area contributed by atoms with Gasteiger partial charge in [-0.2, -0.15) is 0 Å². The number of amides is 1. The predicted molar refractivity (Wildman–Crippen MR) is 106 cm³/mol. The molecule has 6 nitrogen and oxygen atoms in total. The first-order valence-corrected chi connectivity index (χ1v) is 9.27. The van der Waals surface area contributed by atoms with E-state index in [0.717, 1.165) is 4.31 Å². The first kappa shape index (κ1) is 22.0. The molecule has 1 amide bonds. The van der Waals surface area contributed by atoms with E-state index >= 15 is 0 Å². The van der Waals surface area contributed by atoms with E-state index in [1.807, 2.05) is 0 Å². The minimum atomic E-state index is -3.88. The number of nitrogens with zero attached hydrogens (tertiary/aromatic N) is 1. The molecule has 2 aromatic rings. The van der Waals surface area contributed by atoms with Crippen molar-refractivity contribution in [1.82, 2.24) is 5.32 Å². The molecular weight excluding hydrogens is 374 g/mol. The van der Waals surface area contributed by atoms with Gasteiger partial charge in [0, 0.05) is 19.1 Å². The minimum absolute atomic E-state index is 0. The number of para-hydroxylation sites is 1. The van der Waals surface area contributed by atoms with E-state index in [1.165, 1.54) is 19.2 Å². The van der Waals surface area contributed by atoms with Crippen molar-refractivity contribution in [3.8, 4) is 0 Å². The summed E-state index contributed by atoms with van der Waals surface area (Å²) in [7, 11) is -2.42. The van der Waals surface area contributed by atoms with E-state index in [-0.39, 0.29) is 29.4 Å². The van der Waals surface area contributed by atoms with E-state index in [1.54, 1.807) is 56.3 Å². The second-order valence-corrected chi connectivity index (χ2v) is 8.41.